The Kier molecular flexibility index (Phi) is 8.06. The highest BCUT2D eigenvalue weighted by molar-refractivity contribution is 5.95. The van der Waals surface area contributed by atoms with Crippen LogP contribution in [0.1, 0.15) is 35.2 Å². The second-order valence-electron chi connectivity index (χ2n) is 9.24. The monoisotopic (exact) mass is 518 g/mol. The maximum Gasteiger partial charge on any atom is 0.251 e. The highest BCUT2D eigenvalue weighted by atomic mass is 16.7. The predicted molar refractivity (Wildman–Crippen MR) is 138 cm³/mol. The summed E-state index contributed by atoms with van der Waals surface area (Å²) in [7, 11) is 0. The smallest absolute Gasteiger partial charge is 0.251 e. The van der Waals surface area contributed by atoms with Crippen molar-refractivity contribution in [2.24, 2.45) is 0 Å². The van der Waals surface area contributed by atoms with Gasteiger partial charge < -0.3 is 34.7 Å². The van der Waals surface area contributed by atoms with Gasteiger partial charge in [0, 0.05) is 12.1 Å². The molecule has 1 saturated heterocycles. The van der Waals surface area contributed by atoms with Crippen molar-refractivity contribution in [3.8, 4) is 23.0 Å². The van der Waals surface area contributed by atoms with Gasteiger partial charge in [-0.1, -0.05) is 30.3 Å². The first-order chi connectivity index (χ1) is 18.6. The van der Waals surface area contributed by atoms with Gasteiger partial charge in [0.25, 0.3) is 5.91 Å². The molecule has 5 rings (SSSR count). The molecule has 3 atom stereocenters. The predicted octanol–water partition coefficient (Wildman–Crippen LogP) is 3.55. The molecule has 3 aromatic carbocycles. The van der Waals surface area contributed by atoms with Crippen molar-refractivity contribution in [2.45, 2.75) is 44.1 Å². The van der Waals surface area contributed by atoms with Gasteiger partial charge in [-0.2, -0.15) is 0 Å². The lowest BCUT2D eigenvalue weighted by Crippen LogP contribution is -2.51. The van der Waals surface area contributed by atoms with E-state index in [1.165, 1.54) is 0 Å². The van der Waals surface area contributed by atoms with Crippen LogP contribution >= 0.6 is 0 Å². The summed E-state index contributed by atoms with van der Waals surface area (Å²) in [6, 6.07) is 21.7. The molecular weight excluding hydrogens is 488 g/mol. The molecule has 2 heterocycles. The van der Waals surface area contributed by atoms with Crippen LogP contribution in [0.15, 0.2) is 72.8 Å². The van der Waals surface area contributed by atoms with Crippen LogP contribution in [0.4, 0.5) is 0 Å². The van der Waals surface area contributed by atoms with Gasteiger partial charge in [-0.25, -0.2) is 0 Å². The van der Waals surface area contributed by atoms with Crippen LogP contribution < -0.4 is 24.8 Å². The van der Waals surface area contributed by atoms with E-state index in [2.05, 4.69) is 10.6 Å². The Labute approximate surface area is 220 Å². The Bertz CT molecular complexity index is 1250. The summed E-state index contributed by atoms with van der Waals surface area (Å²) in [6.07, 6.45) is 0.405. The standard InChI is InChI=1S/C29H30N2O7/c32-17-27-24(31-29(34)20-8-13-25-26(14-20)36-18-35-25)12-11-23(38-27)15-28(33)30-16-19-6-9-22(10-7-19)37-21-4-2-1-3-5-21/h1-10,13-14,23-24,27,32H,11-12,15-18H2,(H,30,33)(H,31,34)/t23-,24+,27-/m1/s1. The van der Waals surface area contributed by atoms with Gasteiger partial charge in [-0.15, -0.1) is 0 Å². The quantitative estimate of drug-likeness (QED) is 0.397. The molecule has 2 aliphatic heterocycles. The van der Waals surface area contributed by atoms with Crippen molar-refractivity contribution in [2.75, 3.05) is 13.4 Å². The number of fused-ring (bicyclic) bond motifs is 1. The molecule has 2 aliphatic rings. The summed E-state index contributed by atoms with van der Waals surface area (Å²) in [5.41, 5.74) is 1.38. The van der Waals surface area contributed by atoms with Gasteiger partial charge in [0.1, 0.15) is 17.6 Å². The zero-order valence-electron chi connectivity index (χ0n) is 20.8. The molecule has 0 saturated carbocycles. The normalized spacial score (nSPS) is 20.0. The molecule has 0 aromatic heterocycles. The maximum atomic E-state index is 12.7. The molecule has 9 nitrogen and oxygen atoms in total. The topological polar surface area (TPSA) is 115 Å². The number of hydrogen-bond donors (Lipinski definition) is 3. The van der Waals surface area contributed by atoms with Crippen molar-refractivity contribution in [1.29, 1.82) is 0 Å². The van der Waals surface area contributed by atoms with Crippen LogP contribution in [0, 0.1) is 0 Å². The lowest BCUT2D eigenvalue weighted by molar-refractivity contribution is -0.131. The third-order valence-corrected chi connectivity index (χ3v) is 6.55. The van der Waals surface area contributed by atoms with Crippen LogP contribution in [-0.4, -0.2) is 48.6 Å². The Morgan fingerprint density at radius 1 is 0.921 bits per heavy atom. The number of aliphatic hydroxyl groups excluding tert-OH is 1. The number of aliphatic hydroxyl groups is 1. The van der Waals surface area contributed by atoms with Crippen molar-refractivity contribution < 1.29 is 33.6 Å². The van der Waals surface area contributed by atoms with Crippen LogP contribution in [0.25, 0.3) is 0 Å². The lowest BCUT2D eigenvalue weighted by atomic mass is 9.96. The molecular formula is C29H30N2O7. The van der Waals surface area contributed by atoms with Crippen LogP contribution in [0.5, 0.6) is 23.0 Å². The van der Waals surface area contributed by atoms with Gasteiger partial charge in [-0.05, 0) is 60.9 Å². The highest BCUT2D eigenvalue weighted by Crippen LogP contribution is 2.32. The minimum absolute atomic E-state index is 0.133. The molecule has 0 aliphatic carbocycles. The summed E-state index contributed by atoms with van der Waals surface area (Å²) in [5, 5.41) is 15.7. The Morgan fingerprint density at radius 3 is 2.47 bits per heavy atom. The van der Waals surface area contributed by atoms with Gasteiger partial charge in [0.05, 0.1) is 25.2 Å². The third-order valence-electron chi connectivity index (χ3n) is 6.55. The van der Waals surface area contributed by atoms with Crippen LogP contribution in [0.2, 0.25) is 0 Å². The zero-order valence-corrected chi connectivity index (χ0v) is 20.8. The number of ether oxygens (including phenoxy) is 4. The number of carbonyl (C=O) groups excluding carboxylic acids is 2. The summed E-state index contributed by atoms with van der Waals surface area (Å²) >= 11 is 0. The molecule has 1 fully saturated rings. The number of benzene rings is 3. The van der Waals surface area contributed by atoms with Gasteiger partial charge in [0.2, 0.25) is 12.7 Å². The molecule has 3 N–H and O–H groups in total. The van der Waals surface area contributed by atoms with E-state index in [1.54, 1.807) is 18.2 Å². The number of carbonyl (C=O) groups is 2. The highest BCUT2D eigenvalue weighted by Gasteiger charge is 2.33. The van der Waals surface area contributed by atoms with Crippen LogP contribution in [0.3, 0.4) is 0 Å². The maximum absolute atomic E-state index is 12.7. The Hall–Kier alpha value is -4.08. The summed E-state index contributed by atoms with van der Waals surface area (Å²) in [5.74, 6) is 2.18. The van der Waals surface area contributed by atoms with Crippen molar-refractivity contribution >= 4 is 11.8 Å². The summed E-state index contributed by atoms with van der Waals surface area (Å²) in [6.45, 7) is 0.255. The van der Waals surface area contributed by atoms with Crippen LogP contribution in [-0.2, 0) is 16.1 Å². The van der Waals surface area contributed by atoms with Gasteiger partial charge in [-0.3, -0.25) is 9.59 Å². The Morgan fingerprint density at radius 2 is 1.68 bits per heavy atom. The Balaban J connectivity index is 1.07. The first-order valence-corrected chi connectivity index (χ1v) is 12.6. The first-order valence-electron chi connectivity index (χ1n) is 12.6. The SMILES string of the molecule is O=C(C[C@H]1CC[C@H](NC(=O)c2ccc3c(c2)OCO3)[C@@H](CO)O1)NCc1ccc(Oc2ccccc2)cc1. The molecule has 0 bridgehead atoms. The van der Waals surface area contributed by atoms with E-state index in [0.717, 1.165) is 17.1 Å². The molecule has 0 unspecified atom stereocenters. The molecule has 2 amide bonds. The number of amides is 2. The van der Waals surface area contributed by atoms with Crippen molar-refractivity contribution in [1.82, 2.24) is 10.6 Å². The third kappa shape index (κ3) is 6.42. The van der Waals surface area contributed by atoms with Gasteiger partial charge in [0.15, 0.2) is 11.5 Å². The average molecular weight is 519 g/mol. The van der Waals surface area contributed by atoms with E-state index in [9.17, 15) is 14.7 Å². The van der Waals surface area contributed by atoms with Gasteiger partial charge >= 0.3 is 0 Å². The van der Waals surface area contributed by atoms with E-state index in [0.29, 0.717) is 36.4 Å². The molecule has 3 aromatic rings. The van der Waals surface area contributed by atoms with E-state index in [-0.39, 0.29) is 43.8 Å². The fourth-order valence-corrected chi connectivity index (χ4v) is 4.52. The second kappa shape index (κ2) is 12.0. The van der Waals surface area contributed by atoms with Crippen molar-refractivity contribution in [3.63, 3.8) is 0 Å². The molecule has 9 heteroatoms. The fraction of sp³-hybridized carbons (Fsp3) is 0.310. The van der Waals surface area contributed by atoms with E-state index in [4.69, 9.17) is 18.9 Å². The fourth-order valence-electron chi connectivity index (χ4n) is 4.52. The number of rotatable bonds is 9. The van der Waals surface area contributed by atoms with E-state index >= 15 is 0 Å². The zero-order chi connectivity index (χ0) is 26.3. The number of nitrogens with one attached hydrogen (secondary N) is 2. The lowest BCUT2D eigenvalue weighted by Gasteiger charge is -2.36. The molecule has 0 radical (unpaired) electrons. The van der Waals surface area contributed by atoms with E-state index < -0.39 is 6.10 Å². The largest absolute Gasteiger partial charge is 0.457 e. The van der Waals surface area contributed by atoms with E-state index in [1.807, 2.05) is 54.6 Å². The molecule has 0 spiro atoms. The molecule has 38 heavy (non-hydrogen) atoms. The minimum atomic E-state index is -0.600. The average Bonchev–Trinajstić information content (AvgIpc) is 3.42. The molecule has 198 valence electrons. The number of para-hydroxylation sites is 1. The second-order valence-corrected chi connectivity index (χ2v) is 9.24. The summed E-state index contributed by atoms with van der Waals surface area (Å²) < 4.78 is 22.4. The first kappa shape index (κ1) is 25.6. The minimum Gasteiger partial charge on any atom is -0.457 e. The van der Waals surface area contributed by atoms with Crippen molar-refractivity contribution in [3.05, 3.63) is 83.9 Å². The number of hydrogen-bond acceptors (Lipinski definition) is 7. The summed E-state index contributed by atoms with van der Waals surface area (Å²) in [4.78, 5) is 25.3.